The number of nitrogens with zero attached hydrogens (tertiary/aromatic N) is 3. The Kier molecular flexibility index (Phi) is 3.96. The van der Waals surface area contributed by atoms with Gasteiger partial charge in [-0.3, -0.25) is 9.20 Å². The molecule has 0 saturated carbocycles. The van der Waals surface area contributed by atoms with Gasteiger partial charge in [0.25, 0.3) is 5.91 Å². The second-order valence-corrected chi connectivity index (χ2v) is 5.88. The number of aromatic nitrogens is 3. The molecule has 1 aliphatic rings. The minimum Gasteiger partial charge on any atom is -0.376 e. The van der Waals surface area contributed by atoms with E-state index in [0.717, 1.165) is 30.8 Å². The van der Waals surface area contributed by atoms with Crippen molar-refractivity contribution < 1.29 is 9.53 Å². The van der Waals surface area contributed by atoms with Crippen LogP contribution >= 0.6 is 0 Å². The first-order chi connectivity index (χ1) is 11.8. The van der Waals surface area contributed by atoms with Crippen molar-refractivity contribution in [3.63, 3.8) is 0 Å². The van der Waals surface area contributed by atoms with Gasteiger partial charge in [0.2, 0.25) is 0 Å². The highest BCUT2D eigenvalue weighted by molar-refractivity contribution is 5.95. The van der Waals surface area contributed by atoms with Crippen molar-refractivity contribution in [2.24, 2.45) is 0 Å². The Hall–Kier alpha value is -2.73. The van der Waals surface area contributed by atoms with Gasteiger partial charge in [0.1, 0.15) is 0 Å². The number of hydrogen-bond donors (Lipinski definition) is 1. The Bertz CT molecular complexity index is 854. The summed E-state index contributed by atoms with van der Waals surface area (Å²) in [5, 5.41) is 11.3. The average molecular weight is 322 g/mol. The Labute approximate surface area is 139 Å². The van der Waals surface area contributed by atoms with Crippen molar-refractivity contribution in [1.29, 1.82) is 0 Å². The van der Waals surface area contributed by atoms with Crippen LogP contribution < -0.4 is 5.32 Å². The number of amides is 1. The second-order valence-electron chi connectivity index (χ2n) is 5.88. The summed E-state index contributed by atoms with van der Waals surface area (Å²) < 4.78 is 7.40. The molecule has 1 fully saturated rings. The van der Waals surface area contributed by atoms with Gasteiger partial charge in [0.05, 0.1) is 6.10 Å². The molecule has 1 aliphatic heterocycles. The zero-order valence-corrected chi connectivity index (χ0v) is 13.2. The molecule has 1 N–H and O–H groups in total. The lowest BCUT2D eigenvalue weighted by molar-refractivity contribution is 0.0858. The molecule has 6 nitrogen and oxygen atoms in total. The van der Waals surface area contributed by atoms with Crippen LogP contribution in [0.3, 0.4) is 0 Å². The zero-order chi connectivity index (χ0) is 16.4. The predicted octanol–water partition coefficient (Wildman–Crippen LogP) is 2.31. The van der Waals surface area contributed by atoms with E-state index in [1.54, 1.807) is 12.1 Å². The van der Waals surface area contributed by atoms with E-state index in [9.17, 15) is 4.79 Å². The molecule has 3 aromatic rings. The maximum absolute atomic E-state index is 12.3. The van der Waals surface area contributed by atoms with E-state index in [1.165, 1.54) is 0 Å². The molecule has 0 radical (unpaired) electrons. The lowest BCUT2D eigenvalue weighted by Crippen LogP contribution is -2.31. The van der Waals surface area contributed by atoms with Gasteiger partial charge in [-0.1, -0.05) is 30.3 Å². The smallest absolute Gasteiger partial charge is 0.251 e. The Balaban J connectivity index is 1.54. The third-order valence-electron chi connectivity index (χ3n) is 4.22. The molecule has 2 aromatic heterocycles. The van der Waals surface area contributed by atoms with E-state index >= 15 is 0 Å². The predicted molar refractivity (Wildman–Crippen MR) is 89.7 cm³/mol. The van der Waals surface area contributed by atoms with Crippen LogP contribution in [0, 0.1) is 0 Å². The Morgan fingerprint density at radius 1 is 1.25 bits per heavy atom. The summed E-state index contributed by atoms with van der Waals surface area (Å²) in [5.41, 5.74) is 2.21. The molecule has 0 spiro atoms. The van der Waals surface area contributed by atoms with Crippen molar-refractivity contribution in [1.82, 2.24) is 19.9 Å². The molecule has 3 heterocycles. The molecule has 0 unspecified atom stereocenters. The van der Waals surface area contributed by atoms with Gasteiger partial charge in [-0.15, -0.1) is 10.2 Å². The monoisotopic (exact) mass is 322 g/mol. The standard InChI is InChI=1S/C18H18N4O2/c23-18(19-12-15-7-4-10-24-15)14-8-9-22-16(11-14)20-21-17(22)13-5-2-1-3-6-13/h1-3,5-6,8-9,11,15H,4,7,10,12H2,(H,19,23)/t15-/m0/s1. The Morgan fingerprint density at radius 2 is 2.12 bits per heavy atom. The summed E-state index contributed by atoms with van der Waals surface area (Å²) in [6.45, 7) is 1.33. The molecule has 1 saturated heterocycles. The third kappa shape index (κ3) is 2.88. The van der Waals surface area contributed by atoms with E-state index in [-0.39, 0.29) is 12.0 Å². The first-order valence-corrected chi connectivity index (χ1v) is 8.11. The van der Waals surface area contributed by atoms with Gasteiger partial charge in [-0.2, -0.15) is 0 Å². The molecule has 4 rings (SSSR count). The van der Waals surface area contributed by atoms with E-state index in [0.29, 0.717) is 17.8 Å². The van der Waals surface area contributed by atoms with Gasteiger partial charge in [0.15, 0.2) is 11.5 Å². The number of rotatable bonds is 4. The highest BCUT2D eigenvalue weighted by atomic mass is 16.5. The molecular weight excluding hydrogens is 304 g/mol. The van der Waals surface area contributed by atoms with Crippen LogP contribution in [0.5, 0.6) is 0 Å². The molecule has 1 amide bonds. The summed E-state index contributed by atoms with van der Waals surface area (Å²) in [5.74, 6) is 0.647. The lowest BCUT2D eigenvalue weighted by atomic mass is 10.2. The van der Waals surface area contributed by atoms with Crippen LogP contribution in [0.4, 0.5) is 0 Å². The first kappa shape index (κ1) is 14.8. The fourth-order valence-electron chi connectivity index (χ4n) is 2.93. The summed E-state index contributed by atoms with van der Waals surface area (Å²) in [6, 6.07) is 13.4. The number of benzene rings is 1. The highest BCUT2D eigenvalue weighted by Crippen LogP contribution is 2.18. The van der Waals surface area contributed by atoms with Crippen molar-refractivity contribution >= 4 is 11.6 Å². The number of carbonyl (C=O) groups excluding carboxylic acids is 1. The summed E-state index contributed by atoms with van der Waals surface area (Å²) in [6.07, 6.45) is 4.03. The van der Waals surface area contributed by atoms with E-state index in [4.69, 9.17) is 4.74 Å². The largest absolute Gasteiger partial charge is 0.376 e. The summed E-state index contributed by atoms with van der Waals surface area (Å²) in [4.78, 5) is 12.3. The van der Waals surface area contributed by atoms with Crippen molar-refractivity contribution in [2.75, 3.05) is 13.2 Å². The van der Waals surface area contributed by atoms with E-state index < -0.39 is 0 Å². The zero-order valence-electron chi connectivity index (χ0n) is 13.2. The molecule has 122 valence electrons. The fourth-order valence-corrected chi connectivity index (χ4v) is 2.93. The molecule has 1 aromatic carbocycles. The van der Waals surface area contributed by atoms with Gasteiger partial charge >= 0.3 is 0 Å². The average Bonchev–Trinajstić information content (AvgIpc) is 3.29. The number of fused-ring (bicyclic) bond motifs is 1. The molecule has 6 heteroatoms. The highest BCUT2D eigenvalue weighted by Gasteiger charge is 2.17. The minimum absolute atomic E-state index is 0.114. The lowest BCUT2D eigenvalue weighted by Gasteiger charge is -2.10. The fraction of sp³-hybridized carbons (Fsp3) is 0.278. The number of carbonyl (C=O) groups is 1. The van der Waals surface area contributed by atoms with Gasteiger partial charge < -0.3 is 10.1 Å². The van der Waals surface area contributed by atoms with Crippen molar-refractivity contribution in [2.45, 2.75) is 18.9 Å². The normalized spacial score (nSPS) is 17.2. The summed E-state index contributed by atoms with van der Waals surface area (Å²) >= 11 is 0. The van der Waals surface area contributed by atoms with Crippen LogP contribution in [0.2, 0.25) is 0 Å². The number of pyridine rings is 1. The molecule has 24 heavy (non-hydrogen) atoms. The van der Waals surface area contributed by atoms with Crippen LogP contribution in [-0.2, 0) is 4.74 Å². The van der Waals surface area contributed by atoms with Crippen LogP contribution in [-0.4, -0.2) is 39.8 Å². The van der Waals surface area contributed by atoms with Crippen molar-refractivity contribution in [3.8, 4) is 11.4 Å². The maximum Gasteiger partial charge on any atom is 0.251 e. The SMILES string of the molecule is O=C(NC[C@@H]1CCCO1)c1ccn2c(-c3ccccc3)nnc2c1. The first-order valence-electron chi connectivity index (χ1n) is 8.11. The van der Waals surface area contributed by atoms with Crippen LogP contribution in [0.25, 0.3) is 17.0 Å². The Morgan fingerprint density at radius 3 is 2.92 bits per heavy atom. The quantitative estimate of drug-likeness (QED) is 0.800. The van der Waals surface area contributed by atoms with E-state index in [1.807, 2.05) is 40.9 Å². The molecular formula is C18H18N4O2. The summed E-state index contributed by atoms with van der Waals surface area (Å²) in [7, 11) is 0. The number of ether oxygens (including phenoxy) is 1. The number of nitrogens with one attached hydrogen (secondary N) is 1. The molecule has 1 atom stereocenters. The minimum atomic E-state index is -0.114. The van der Waals surface area contributed by atoms with E-state index in [2.05, 4.69) is 15.5 Å². The van der Waals surface area contributed by atoms with Crippen molar-refractivity contribution in [3.05, 3.63) is 54.2 Å². The van der Waals surface area contributed by atoms with Gasteiger partial charge in [-0.25, -0.2) is 0 Å². The van der Waals surface area contributed by atoms with Gasteiger partial charge in [0, 0.05) is 30.5 Å². The maximum atomic E-state index is 12.3. The third-order valence-corrected chi connectivity index (χ3v) is 4.22. The van der Waals surface area contributed by atoms with Crippen LogP contribution in [0.15, 0.2) is 48.7 Å². The van der Waals surface area contributed by atoms with Crippen LogP contribution in [0.1, 0.15) is 23.2 Å². The molecule has 0 bridgehead atoms. The molecule has 0 aliphatic carbocycles. The van der Waals surface area contributed by atoms with Gasteiger partial charge in [-0.05, 0) is 25.0 Å². The second kappa shape index (κ2) is 6.41. The number of hydrogen-bond acceptors (Lipinski definition) is 4. The topological polar surface area (TPSA) is 68.5 Å².